The molecule has 1 heterocycles. The van der Waals surface area contributed by atoms with E-state index in [-0.39, 0.29) is 0 Å². The lowest BCUT2D eigenvalue weighted by atomic mass is 9.95. The van der Waals surface area contributed by atoms with Gasteiger partial charge in [0.1, 0.15) is 6.17 Å². The van der Waals surface area contributed by atoms with Crippen LogP contribution >= 0.6 is 0 Å². The van der Waals surface area contributed by atoms with Crippen LogP contribution < -0.4 is 5.32 Å². The smallest absolute Gasteiger partial charge is 0.103 e. The number of hydrogen-bond acceptors (Lipinski definition) is 1. The Hall–Kier alpha value is -0.110. The standard InChI is InChI=1S/C9H18FN/c1-7(2)5-9-6-8(10)3-4-11-9/h7-9,11H,3-6H2,1-2H3. The Morgan fingerprint density at radius 1 is 1.55 bits per heavy atom. The topological polar surface area (TPSA) is 12.0 Å². The minimum atomic E-state index is -0.556. The third kappa shape index (κ3) is 3.19. The summed E-state index contributed by atoms with van der Waals surface area (Å²) in [7, 11) is 0. The molecule has 2 heteroatoms. The lowest BCUT2D eigenvalue weighted by Gasteiger charge is -2.27. The Kier molecular flexibility index (Phi) is 3.31. The van der Waals surface area contributed by atoms with E-state index in [1.54, 1.807) is 0 Å². The van der Waals surface area contributed by atoms with Crippen LogP contribution in [0.25, 0.3) is 0 Å². The van der Waals surface area contributed by atoms with E-state index in [4.69, 9.17) is 0 Å². The molecule has 0 bridgehead atoms. The van der Waals surface area contributed by atoms with Crippen molar-refractivity contribution < 1.29 is 4.39 Å². The minimum Gasteiger partial charge on any atom is -0.314 e. The van der Waals surface area contributed by atoms with Gasteiger partial charge in [0.25, 0.3) is 0 Å². The Bertz CT molecular complexity index is 112. The maximum atomic E-state index is 12.8. The van der Waals surface area contributed by atoms with Crippen molar-refractivity contribution in [3.63, 3.8) is 0 Å². The molecular weight excluding hydrogens is 141 g/mol. The third-order valence-electron chi connectivity index (χ3n) is 2.19. The lowest BCUT2D eigenvalue weighted by molar-refractivity contribution is 0.208. The molecule has 66 valence electrons. The first-order valence-corrected chi connectivity index (χ1v) is 4.56. The lowest BCUT2D eigenvalue weighted by Crippen LogP contribution is -2.39. The van der Waals surface area contributed by atoms with Crippen molar-refractivity contribution in [2.75, 3.05) is 6.54 Å². The van der Waals surface area contributed by atoms with Crippen molar-refractivity contribution in [1.82, 2.24) is 5.32 Å². The second-order valence-corrected chi connectivity index (χ2v) is 3.90. The number of rotatable bonds is 2. The summed E-state index contributed by atoms with van der Waals surface area (Å²) in [5.74, 6) is 0.679. The van der Waals surface area contributed by atoms with Gasteiger partial charge in [0.15, 0.2) is 0 Å². The maximum Gasteiger partial charge on any atom is 0.103 e. The zero-order chi connectivity index (χ0) is 8.27. The number of hydrogen-bond donors (Lipinski definition) is 1. The summed E-state index contributed by atoms with van der Waals surface area (Å²) in [5.41, 5.74) is 0. The quantitative estimate of drug-likeness (QED) is 0.650. The molecule has 1 nitrogen and oxygen atoms in total. The molecule has 0 aromatic heterocycles. The average molecular weight is 159 g/mol. The molecule has 1 aliphatic heterocycles. The van der Waals surface area contributed by atoms with Gasteiger partial charge in [-0.05, 0) is 31.7 Å². The van der Waals surface area contributed by atoms with E-state index < -0.39 is 6.17 Å². The van der Waals surface area contributed by atoms with Crippen LogP contribution in [0.1, 0.15) is 33.1 Å². The second kappa shape index (κ2) is 4.05. The summed E-state index contributed by atoms with van der Waals surface area (Å²) in [6.45, 7) is 5.23. The molecule has 0 spiro atoms. The Morgan fingerprint density at radius 3 is 2.82 bits per heavy atom. The van der Waals surface area contributed by atoms with Crippen LogP contribution in [0.15, 0.2) is 0 Å². The first-order valence-electron chi connectivity index (χ1n) is 4.56. The summed E-state index contributed by atoms with van der Waals surface area (Å²) in [6.07, 6.45) is 1.98. The van der Waals surface area contributed by atoms with Crippen molar-refractivity contribution in [3.05, 3.63) is 0 Å². The largest absolute Gasteiger partial charge is 0.314 e. The monoisotopic (exact) mass is 159 g/mol. The molecule has 0 aromatic rings. The molecule has 11 heavy (non-hydrogen) atoms. The highest BCUT2D eigenvalue weighted by Gasteiger charge is 2.20. The molecule has 1 aliphatic rings. The van der Waals surface area contributed by atoms with Crippen LogP contribution in [-0.2, 0) is 0 Å². The zero-order valence-electron chi connectivity index (χ0n) is 7.44. The molecule has 2 unspecified atom stereocenters. The van der Waals surface area contributed by atoms with Gasteiger partial charge in [-0.25, -0.2) is 4.39 Å². The van der Waals surface area contributed by atoms with Crippen molar-refractivity contribution >= 4 is 0 Å². The average Bonchev–Trinajstić information content (AvgIpc) is 1.85. The van der Waals surface area contributed by atoms with Crippen LogP contribution in [0.2, 0.25) is 0 Å². The Morgan fingerprint density at radius 2 is 2.27 bits per heavy atom. The highest BCUT2D eigenvalue weighted by atomic mass is 19.1. The minimum absolute atomic E-state index is 0.429. The van der Waals surface area contributed by atoms with Gasteiger partial charge in [-0.1, -0.05) is 13.8 Å². The summed E-state index contributed by atoms with van der Waals surface area (Å²) in [5, 5.41) is 3.34. The summed E-state index contributed by atoms with van der Waals surface area (Å²) >= 11 is 0. The van der Waals surface area contributed by atoms with E-state index in [1.807, 2.05) is 0 Å². The second-order valence-electron chi connectivity index (χ2n) is 3.90. The SMILES string of the molecule is CC(C)CC1CC(F)CCN1. The fourth-order valence-electron chi connectivity index (χ4n) is 1.70. The Balaban J connectivity index is 2.23. The van der Waals surface area contributed by atoms with Crippen LogP contribution in [0.5, 0.6) is 0 Å². The fraction of sp³-hybridized carbons (Fsp3) is 1.00. The zero-order valence-corrected chi connectivity index (χ0v) is 7.44. The van der Waals surface area contributed by atoms with Crippen LogP contribution in [0, 0.1) is 5.92 Å². The number of alkyl halides is 1. The molecule has 0 radical (unpaired) electrons. The number of halogens is 1. The third-order valence-corrected chi connectivity index (χ3v) is 2.19. The predicted molar refractivity (Wildman–Crippen MR) is 45.4 cm³/mol. The van der Waals surface area contributed by atoms with Crippen LogP contribution in [0.4, 0.5) is 4.39 Å². The van der Waals surface area contributed by atoms with E-state index in [9.17, 15) is 4.39 Å². The summed E-state index contributed by atoms with van der Waals surface area (Å²) < 4.78 is 12.8. The van der Waals surface area contributed by atoms with E-state index in [1.165, 1.54) is 0 Å². The van der Waals surface area contributed by atoms with E-state index in [0.717, 1.165) is 19.4 Å². The van der Waals surface area contributed by atoms with E-state index in [0.29, 0.717) is 18.4 Å². The molecule has 2 atom stereocenters. The first kappa shape index (κ1) is 8.98. The van der Waals surface area contributed by atoms with Gasteiger partial charge < -0.3 is 5.32 Å². The van der Waals surface area contributed by atoms with Gasteiger partial charge in [0.05, 0.1) is 0 Å². The van der Waals surface area contributed by atoms with Crippen molar-refractivity contribution in [2.45, 2.75) is 45.3 Å². The van der Waals surface area contributed by atoms with Gasteiger partial charge >= 0.3 is 0 Å². The molecule has 1 fully saturated rings. The van der Waals surface area contributed by atoms with Crippen molar-refractivity contribution in [3.8, 4) is 0 Å². The molecule has 1 N–H and O–H groups in total. The normalized spacial score (nSPS) is 32.7. The van der Waals surface area contributed by atoms with Gasteiger partial charge in [-0.15, -0.1) is 0 Å². The maximum absolute atomic E-state index is 12.8. The van der Waals surface area contributed by atoms with Gasteiger partial charge in [0, 0.05) is 6.04 Å². The van der Waals surface area contributed by atoms with Crippen LogP contribution in [-0.4, -0.2) is 18.8 Å². The Labute approximate surface area is 68.4 Å². The molecule has 1 saturated heterocycles. The van der Waals surface area contributed by atoms with Gasteiger partial charge in [-0.3, -0.25) is 0 Å². The number of piperidine rings is 1. The van der Waals surface area contributed by atoms with Gasteiger partial charge in [0.2, 0.25) is 0 Å². The highest BCUT2D eigenvalue weighted by Crippen LogP contribution is 2.17. The first-order chi connectivity index (χ1) is 5.18. The molecule has 0 amide bonds. The molecule has 0 aliphatic carbocycles. The summed E-state index contributed by atoms with van der Waals surface area (Å²) in [4.78, 5) is 0. The van der Waals surface area contributed by atoms with Crippen LogP contribution in [0.3, 0.4) is 0 Å². The van der Waals surface area contributed by atoms with Crippen molar-refractivity contribution in [2.24, 2.45) is 5.92 Å². The highest BCUT2D eigenvalue weighted by molar-refractivity contribution is 4.78. The van der Waals surface area contributed by atoms with Gasteiger partial charge in [-0.2, -0.15) is 0 Å². The van der Waals surface area contributed by atoms with E-state index >= 15 is 0 Å². The summed E-state index contributed by atoms with van der Waals surface area (Å²) in [6, 6.07) is 0.429. The number of nitrogens with one attached hydrogen (secondary N) is 1. The fourth-order valence-corrected chi connectivity index (χ4v) is 1.70. The molecule has 0 aromatic carbocycles. The molecule has 0 saturated carbocycles. The molecule has 1 rings (SSSR count). The molecular formula is C9H18FN. The van der Waals surface area contributed by atoms with Crippen molar-refractivity contribution in [1.29, 1.82) is 0 Å². The predicted octanol–water partition coefficient (Wildman–Crippen LogP) is 2.12. The van der Waals surface area contributed by atoms with E-state index in [2.05, 4.69) is 19.2 Å².